The number of carbonyl (C=O) groups excluding carboxylic acids is 1. The lowest BCUT2D eigenvalue weighted by molar-refractivity contribution is 0.0955. The van der Waals surface area contributed by atoms with Crippen molar-refractivity contribution >= 4 is 23.0 Å². The second kappa shape index (κ2) is 6.23. The number of para-hydroxylation sites is 1. The summed E-state index contributed by atoms with van der Waals surface area (Å²) >= 11 is 0. The van der Waals surface area contributed by atoms with Crippen LogP contribution in [0.2, 0.25) is 0 Å². The smallest absolute Gasteiger partial charge is 0.271 e. The van der Waals surface area contributed by atoms with E-state index >= 15 is 0 Å². The van der Waals surface area contributed by atoms with Crippen LogP contribution in [0.25, 0.3) is 10.9 Å². The topological polar surface area (TPSA) is 87.2 Å². The molecule has 0 unspecified atom stereocenters. The second-order valence-corrected chi connectivity index (χ2v) is 5.03. The lowest BCUT2D eigenvalue weighted by Crippen LogP contribution is -2.19. The lowest BCUT2D eigenvalue weighted by Gasteiger charge is -2.02. The number of hydrogen-bond acceptors (Lipinski definition) is 4. The summed E-state index contributed by atoms with van der Waals surface area (Å²) in [7, 11) is 0. The molecule has 0 aliphatic heterocycles. The highest BCUT2D eigenvalue weighted by Gasteiger charge is 2.04. The average molecular weight is 306 g/mol. The van der Waals surface area contributed by atoms with E-state index in [0.717, 1.165) is 16.5 Å². The zero-order chi connectivity index (χ0) is 16.2. The highest BCUT2D eigenvalue weighted by molar-refractivity contribution is 5.95. The largest absolute Gasteiger partial charge is 0.321 e. The molecule has 2 aromatic heterocycles. The molecule has 0 bridgehead atoms. The minimum absolute atomic E-state index is 0.256. The van der Waals surface area contributed by atoms with E-state index in [1.807, 2.05) is 25.1 Å². The molecule has 1 amide bonds. The number of amides is 1. The third-order valence-corrected chi connectivity index (χ3v) is 3.43. The molecule has 1 aromatic carbocycles. The van der Waals surface area contributed by atoms with Crippen molar-refractivity contribution in [2.24, 2.45) is 5.10 Å². The van der Waals surface area contributed by atoms with Gasteiger partial charge >= 0.3 is 0 Å². The Kier molecular flexibility index (Phi) is 3.97. The van der Waals surface area contributed by atoms with Crippen LogP contribution in [-0.2, 0) is 0 Å². The normalized spacial score (nSPS) is 11.0. The van der Waals surface area contributed by atoms with Crippen molar-refractivity contribution in [1.82, 2.24) is 15.4 Å². The van der Waals surface area contributed by atoms with Crippen molar-refractivity contribution in [3.63, 3.8) is 0 Å². The zero-order valence-corrected chi connectivity index (χ0v) is 12.4. The molecule has 23 heavy (non-hydrogen) atoms. The molecular formula is C17H14N4O2. The van der Waals surface area contributed by atoms with Gasteiger partial charge in [-0.2, -0.15) is 5.10 Å². The highest BCUT2D eigenvalue weighted by atomic mass is 16.2. The summed E-state index contributed by atoms with van der Waals surface area (Å²) in [4.78, 5) is 30.6. The van der Waals surface area contributed by atoms with Crippen LogP contribution < -0.4 is 11.0 Å². The fourth-order valence-corrected chi connectivity index (χ4v) is 2.22. The maximum absolute atomic E-state index is 12.1. The second-order valence-electron chi connectivity index (χ2n) is 5.03. The van der Waals surface area contributed by atoms with Crippen molar-refractivity contribution < 1.29 is 4.79 Å². The molecule has 0 atom stereocenters. The number of nitrogens with one attached hydrogen (secondary N) is 2. The minimum atomic E-state index is -0.364. The van der Waals surface area contributed by atoms with Crippen LogP contribution in [0.3, 0.4) is 0 Å². The summed E-state index contributed by atoms with van der Waals surface area (Å²) in [6.45, 7) is 1.93. The Morgan fingerprint density at radius 3 is 2.83 bits per heavy atom. The molecule has 3 aromatic rings. The van der Waals surface area contributed by atoms with Gasteiger partial charge in [-0.3, -0.25) is 14.6 Å². The van der Waals surface area contributed by atoms with E-state index in [1.165, 1.54) is 18.6 Å². The van der Waals surface area contributed by atoms with Gasteiger partial charge in [0, 0.05) is 18.0 Å². The first-order valence-electron chi connectivity index (χ1n) is 7.01. The Bertz CT molecular complexity index is 946. The van der Waals surface area contributed by atoms with Crippen molar-refractivity contribution in [3.05, 3.63) is 75.8 Å². The van der Waals surface area contributed by atoms with Gasteiger partial charge in [-0.05, 0) is 36.1 Å². The summed E-state index contributed by atoms with van der Waals surface area (Å²) < 4.78 is 0. The lowest BCUT2D eigenvalue weighted by atomic mass is 10.1. The molecule has 2 heterocycles. The Balaban J connectivity index is 1.83. The number of H-pyrrole nitrogens is 1. The summed E-state index contributed by atoms with van der Waals surface area (Å²) in [6.07, 6.45) is 4.38. The number of hydrogen-bond donors (Lipinski definition) is 2. The van der Waals surface area contributed by atoms with E-state index in [2.05, 4.69) is 20.5 Å². The van der Waals surface area contributed by atoms with Gasteiger partial charge in [0.2, 0.25) is 0 Å². The van der Waals surface area contributed by atoms with Crippen molar-refractivity contribution in [2.75, 3.05) is 0 Å². The van der Waals surface area contributed by atoms with Crippen molar-refractivity contribution in [1.29, 1.82) is 0 Å². The molecule has 2 N–H and O–H groups in total. The number of benzene rings is 1. The zero-order valence-electron chi connectivity index (χ0n) is 12.4. The first kappa shape index (κ1) is 14.6. The summed E-state index contributed by atoms with van der Waals surface area (Å²) in [5, 5.41) is 4.75. The van der Waals surface area contributed by atoms with Crippen LogP contribution in [0.1, 0.15) is 21.5 Å². The molecule has 0 radical (unpaired) electrons. The molecule has 0 aliphatic carbocycles. The molecule has 3 rings (SSSR count). The van der Waals surface area contributed by atoms with Gasteiger partial charge in [0.1, 0.15) is 0 Å². The van der Waals surface area contributed by atoms with E-state index in [-0.39, 0.29) is 11.5 Å². The number of pyridine rings is 2. The monoisotopic (exact) mass is 306 g/mol. The quantitative estimate of drug-likeness (QED) is 0.573. The third-order valence-electron chi connectivity index (χ3n) is 3.43. The van der Waals surface area contributed by atoms with Gasteiger partial charge in [-0.25, -0.2) is 5.43 Å². The van der Waals surface area contributed by atoms with Crippen molar-refractivity contribution in [2.45, 2.75) is 6.92 Å². The number of aromatic amines is 1. The fraction of sp³-hybridized carbons (Fsp3) is 0.0588. The Morgan fingerprint density at radius 1 is 1.26 bits per heavy atom. The van der Waals surface area contributed by atoms with E-state index in [9.17, 15) is 9.59 Å². The van der Waals surface area contributed by atoms with Crippen LogP contribution in [-0.4, -0.2) is 22.1 Å². The van der Waals surface area contributed by atoms with Gasteiger partial charge in [-0.1, -0.05) is 18.2 Å². The maximum Gasteiger partial charge on any atom is 0.271 e. The molecular weight excluding hydrogens is 292 g/mol. The fourth-order valence-electron chi connectivity index (χ4n) is 2.22. The maximum atomic E-state index is 12.1. The van der Waals surface area contributed by atoms with E-state index < -0.39 is 0 Å². The molecule has 0 saturated heterocycles. The molecule has 114 valence electrons. The van der Waals surface area contributed by atoms with Gasteiger partial charge in [0.15, 0.2) is 0 Å². The predicted molar refractivity (Wildman–Crippen MR) is 88.6 cm³/mol. The first-order chi connectivity index (χ1) is 11.1. The third kappa shape index (κ3) is 3.16. The number of aromatic nitrogens is 2. The number of aryl methyl sites for hydroxylation is 1. The molecule has 0 saturated carbocycles. The predicted octanol–water partition coefficient (Wildman–Crippen LogP) is 2.00. The molecule has 6 nitrogen and oxygen atoms in total. The van der Waals surface area contributed by atoms with E-state index in [1.54, 1.807) is 18.2 Å². The van der Waals surface area contributed by atoms with Crippen LogP contribution in [0.5, 0.6) is 0 Å². The SMILES string of the molecule is Cc1cccc2cc(C=NNC(=O)c3ccncc3)c(=O)[nH]c12. The Labute approximate surface area is 131 Å². The number of rotatable bonds is 3. The molecule has 0 spiro atoms. The highest BCUT2D eigenvalue weighted by Crippen LogP contribution is 2.14. The van der Waals surface area contributed by atoms with Gasteiger partial charge in [0.25, 0.3) is 11.5 Å². The number of fused-ring (bicyclic) bond motifs is 1. The first-order valence-corrected chi connectivity index (χ1v) is 7.01. The van der Waals surface area contributed by atoms with Gasteiger partial charge in [-0.15, -0.1) is 0 Å². The van der Waals surface area contributed by atoms with Gasteiger partial charge < -0.3 is 4.98 Å². The van der Waals surface area contributed by atoms with Crippen LogP contribution in [0.4, 0.5) is 0 Å². The molecule has 6 heteroatoms. The van der Waals surface area contributed by atoms with Crippen LogP contribution >= 0.6 is 0 Å². The van der Waals surface area contributed by atoms with Crippen LogP contribution in [0.15, 0.2) is 58.7 Å². The van der Waals surface area contributed by atoms with Gasteiger partial charge in [0.05, 0.1) is 17.3 Å². The van der Waals surface area contributed by atoms with Crippen molar-refractivity contribution in [3.8, 4) is 0 Å². The summed E-state index contributed by atoms with van der Waals surface area (Å²) in [5.74, 6) is -0.364. The minimum Gasteiger partial charge on any atom is -0.321 e. The summed E-state index contributed by atoms with van der Waals surface area (Å²) in [6, 6.07) is 10.7. The number of hydrazone groups is 1. The van der Waals surface area contributed by atoms with E-state index in [4.69, 9.17) is 0 Å². The average Bonchev–Trinajstić information content (AvgIpc) is 2.57. The molecule has 0 fully saturated rings. The van der Waals surface area contributed by atoms with Crippen LogP contribution in [0, 0.1) is 6.92 Å². The number of nitrogens with zero attached hydrogens (tertiary/aromatic N) is 2. The number of carbonyl (C=O) groups is 1. The standard InChI is InChI=1S/C17H14N4O2/c1-11-3-2-4-13-9-14(16(22)20-15(11)13)10-19-21-17(23)12-5-7-18-8-6-12/h2-10H,1H3,(H,20,22)(H,21,23). The molecule has 0 aliphatic rings. The Morgan fingerprint density at radius 2 is 2.04 bits per heavy atom. The summed E-state index contributed by atoms with van der Waals surface area (Å²) in [5.41, 5.74) is 4.74. The van der Waals surface area contributed by atoms with E-state index in [0.29, 0.717) is 11.1 Å². The Hall–Kier alpha value is -3.28.